The molecule has 0 aromatic heterocycles. The molecule has 1 nitrogen and oxygen atoms in total. The fourth-order valence-corrected chi connectivity index (χ4v) is 7.92. The zero-order valence-corrected chi connectivity index (χ0v) is 13.3. The maximum atomic E-state index is 11.9. The van der Waals surface area contributed by atoms with Gasteiger partial charge in [0.05, 0.1) is 0 Å². The van der Waals surface area contributed by atoms with Crippen molar-refractivity contribution in [2.75, 3.05) is 0 Å². The predicted molar refractivity (Wildman–Crippen MR) is 64.3 cm³/mol. The van der Waals surface area contributed by atoms with Crippen molar-refractivity contribution in [2.45, 2.75) is 52.4 Å². The summed E-state index contributed by atoms with van der Waals surface area (Å²) < 4.78 is 0.767. The predicted octanol–water partition coefficient (Wildman–Crippen LogP) is 3.72. The third kappa shape index (κ3) is 2.53. The van der Waals surface area contributed by atoms with Gasteiger partial charge in [-0.1, -0.05) is 0 Å². The molecule has 1 rings (SSSR count). The molecule has 1 saturated carbocycles. The van der Waals surface area contributed by atoms with Crippen LogP contribution in [0, 0.1) is 11.3 Å². The standard InChI is InChI=1S/C9H15O.3CH3.Sn/c1-7-8(10)5-4-6-9(7,2)3;;;;/h4,7H,5-6H2,1-3H3;3*1H3;. The van der Waals surface area contributed by atoms with Crippen molar-refractivity contribution in [3.63, 3.8) is 0 Å². The van der Waals surface area contributed by atoms with Crippen molar-refractivity contribution in [2.24, 2.45) is 11.3 Å². The molecule has 0 amide bonds. The van der Waals surface area contributed by atoms with Crippen molar-refractivity contribution in [1.29, 1.82) is 0 Å². The van der Waals surface area contributed by atoms with Gasteiger partial charge in [-0.05, 0) is 0 Å². The zero-order valence-electron chi connectivity index (χ0n) is 10.5. The number of ketones is 1. The van der Waals surface area contributed by atoms with E-state index in [2.05, 4.69) is 35.6 Å². The first kappa shape index (κ1) is 12.5. The van der Waals surface area contributed by atoms with E-state index in [-0.39, 0.29) is 11.3 Å². The molecule has 1 aliphatic rings. The Kier molecular flexibility index (Phi) is 3.40. The van der Waals surface area contributed by atoms with Crippen molar-refractivity contribution in [1.82, 2.24) is 0 Å². The van der Waals surface area contributed by atoms with Gasteiger partial charge in [-0.15, -0.1) is 0 Å². The minimum absolute atomic E-state index is 0.240. The van der Waals surface area contributed by atoms with Gasteiger partial charge in [0.2, 0.25) is 0 Å². The molecule has 0 aromatic carbocycles. The van der Waals surface area contributed by atoms with Crippen molar-refractivity contribution in [3.05, 3.63) is 0 Å². The van der Waals surface area contributed by atoms with E-state index in [1.807, 2.05) is 0 Å². The molecule has 0 aromatic rings. The second-order valence-electron chi connectivity index (χ2n) is 6.65. The summed E-state index contributed by atoms with van der Waals surface area (Å²) in [6.45, 7) is 6.63. The van der Waals surface area contributed by atoms with Crippen LogP contribution in [0.25, 0.3) is 0 Å². The van der Waals surface area contributed by atoms with E-state index in [9.17, 15) is 4.79 Å². The van der Waals surface area contributed by atoms with Crippen LogP contribution in [-0.2, 0) is 4.79 Å². The summed E-state index contributed by atoms with van der Waals surface area (Å²) in [5.74, 6) is 0.783. The fraction of sp³-hybridized carbons (Fsp3) is 0.917. The summed E-state index contributed by atoms with van der Waals surface area (Å²) in [4.78, 5) is 19.3. The zero-order chi connectivity index (χ0) is 11.1. The van der Waals surface area contributed by atoms with E-state index in [1.54, 1.807) is 0 Å². The number of carbonyl (C=O) groups excluding carboxylic acids is 1. The van der Waals surface area contributed by atoms with E-state index < -0.39 is 18.4 Å². The molecule has 0 aliphatic heterocycles. The summed E-state index contributed by atoms with van der Waals surface area (Å²) in [7, 11) is 0. The van der Waals surface area contributed by atoms with Gasteiger partial charge < -0.3 is 0 Å². The number of hydrogen-bond acceptors (Lipinski definition) is 1. The first-order chi connectivity index (χ1) is 6.14. The van der Waals surface area contributed by atoms with E-state index >= 15 is 0 Å². The maximum absolute atomic E-state index is 11.9. The molecule has 0 saturated heterocycles. The summed E-state index contributed by atoms with van der Waals surface area (Å²) in [6, 6.07) is 0. The molecule has 14 heavy (non-hydrogen) atoms. The monoisotopic (exact) mass is 304 g/mol. The van der Waals surface area contributed by atoms with E-state index in [4.69, 9.17) is 0 Å². The quantitative estimate of drug-likeness (QED) is 0.675. The molecular formula is C12H24OSn. The average molecular weight is 303 g/mol. The van der Waals surface area contributed by atoms with Crippen LogP contribution in [-0.4, -0.2) is 24.2 Å². The molecule has 0 bridgehead atoms. The Hall–Kier alpha value is 0.469. The Morgan fingerprint density at radius 2 is 1.79 bits per heavy atom. The fourth-order valence-electron chi connectivity index (χ4n) is 2.35. The van der Waals surface area contributed by atoms with Crippen molar-refractivity contribution < 1.29 is 4.79 Å². The van der Waals surface area contributed by atoms with E-state index in [0.717, 1.165) is 10.4 Å². The van der Waals surface area contributed by atoms with Crippen LogP contribution >= 0.6 is 0 Å². The van der Waals surface area contributed by atoms with E-state index in [0.29, 0.717) is 5.78 Å². The van der Waals surface area contributed by atoms with Crippen LogP contribution in [0.1, 0.15) is 33.6 Å². The Balaban J connectivity index is 2.85. The summed E-state index contributed by atoms with van der Waals surface area (Å²) in [5.41, 5.74) is 0.240. The average Bonchev–Trinajstić information content (AvgIpc) is 1.97. The third-order valence-corrected chi connectivity index (χ3v) is 12.3. The summed E-state index contributed by atoms with van der Waals surface area (Å²) in [5, 5.41) is 0. The minimum atomic E-state index is -1.86. The molecule has 0 N–H and O–H groups in total. The van der Waals surface area contributed by atoms with Gasteiger partial charge in [0, 0.05) is 0 Å². The molecule has 2 atom stereocenters. The van der Waals surface area contributed by atoms with Crippen LogP contribution in [0.15, 0.2) is 0 Å². The van der Waals surface area contributed by atoms with Gasteiger partial charge in [-0.25, -0.2) is 0 Å². The first-order valence-corrected chi connectivity index (χ1v) is 15.9. The van der Waals surface area contributed by atoms with Crippen molar-refractivity contribution in [3.8, 4) is 0 Å². The SMILES string of the molecule is CC1C(=O)C[CH]([Sn]([CH3])([CH3])[CH3])CC1(C)C. The van der Waals surface area contributed by atoms with Crippen LogP contribution < -0.4 is 0 Å². The van der Waals surface area contributed by atoms with Gasteiger partial charge in [-0.2, -0.15) is 0 Å². The Labute approximate surface area is 92.5 Å². The molecule has 0 heterocycles. The van der Waals surface area contributed by atoms with Crippen LogP contribution in [0.4, 0.5) is 0 Å². The molecule has 2 heteroatoms. The first-order valence-electron chi connectivity index (χ1n) is 5.67. The second kappa shape index (κ2) is 3.80. The second-order valence-corrected chi connectivity index (χ2v) is 22.5. The van der Waals surface area contributed by atoms with Gasteiger partial charge in [0.1, 0.15) is 0 Å². The number of rotatable bonds is 1. The molecule has 0 radical (unpaired) electrons. The van der Waals surface area contributed by atoms with Crippen LogP contribution in [0.3, 0.4) is 0 Å². The van der Waals surface area contributed by atoms with Gasteiger partial charge in [-0.3, -0.25) is 0 Å². The topological polar surface area (TPSA) is 17.1 Å². The van der Waals surface area contributed by atoms with Gasteiger partial charge in [0.15, 0.2) is 0 Å². The molecule has 1 aliphatic carbocycles. The Morgan fingerprint density at radius 3 is 2.14 bits per heavy atom. The van der Waals surface area contributed by atoms with Crippen LogP contribution in [0.5, 0.6) is 0 Å². The number of hydrogen-bond donors (Lipinski definition) is 0. The molecule has 82 valence electrons. The Morgan fingerprint density at radius 1 is 1.29 bits per heavy atom. The molecular weight excluding hydrogens is 279 g/mol. The third-order valence-electron chi connectivity index (χ3n) is 4.10. The normalized spacial score (nSPS) is 33.1. The van der Waals surface area contributed by atoms with Crippen LogP contribution in [0.2, 0.25) is 18.8 Å². The van der Waals surface area contributed by atoms with Gasteiger partial charge >= 0.3 is 92.7 Å². The van der Waals surface area contributed by atoms with E-state index in [1.165, 1.54) is 6.42 Å². The molecule has 1 fully saturated rings. The summed E-state index contributed by atoms with van der Waals surface area (Å²) >= 11 is -1.86. The number of Topliss-reactive ketones (excluding diaryl/α,β-unsaturated/α-hetero) is 1. The Bertz CT molecular complexity index is 237. The summed E-state index contributed by atoms with van der Waals surface area (Å²) in [6.07, 6.45) is 2.16. The van der Waals surface area contributed by atoms with Crippen molar-refractivity contribution >= 4 is 24.2 Å². The molecule has 0 spiro atoms. The molecule has 2 unspecified atom stereocenters. The number of carbonyl (C=O) groups is 1. The van der Waals surface area contributed by atoms with Gasteiger partial charge in [0.25, 0.3) is 0 Å².